The molecule has 32 heavy (non-hydrogen) atoms. The third-order valence-electron chi connectivity index (χ3n) is 5.46. The van der Waals surface area contributed by atoms with E-state index in [-0.39, 0.29) is 24.1 Å². The highest BCUT2D eigenvalue weighted by molar-refractivity contribution is 7.99. The van der Waals surface area contributed by atoms with Crippen LogP contribution in [0.2, 0.25) is 0 Å². The van der Waals surface area contributed by atoms with Gasteiger partial charge in [0.05, 0.1) is 17.5 Å². The highest BCUT2D eigenvalue weighted by atomic mass is 32.2. The zero-order valence-corrected chi connectivity index (χ0v) is 19.1. The van der Waals surface area contributed by atoms with Gasteiger partial charge in [0.1, 0.15) is 22.4 Å². The number of nitrogens with one attached hydrogen (secondary N) is 1. The van der Waals surface area contributed by atoms with Crippen molar-refractivity contribution < 1.29 is 22.8 Å². The summed E-state index contributed by atoms with van der Waals surface area (Å²) >= 11 is 1.66. The van der Waals surface area contributed by atoms with Crippen molar-refractivity contribution in [3.05, 3.63) is 60.2 Å². The molecule has 0 bridgehead atoms. The van der Waals surface area contributed by atoms with Crippen LogP contribution < -0.4 is 10.2 Å². The fourth-order valence-electron chi connectivity index (χ4n) is 3.88. The number of urea groups is 1. The highest BCUT2D eigenvalue weighted by Gasteiger charge is 2.41. The van der Waals surface area contributed by atoms with Crippen LogP contribution >= 0.6 is 11.8 Å². The first-order chi connectivity index (χ1) is 15.2. The van der Waals surface area contributed by atoms with E-state index in [2.05, 4.69) is 5.32 Å². The van der Waals surface area contributed by atoms with E-state index in [1.54, 1.807) is 16.7 Å². The van der Waals surface area contributed by atoms with Crippen molar-refractivity contribution in [1.82, 2.24) is 10.2 Å². The third kappa shape index (κ3) is 4.66. The van der Waals surface area contributed by atoms with E-state index in [0.717, 1.165) is 27.3 Å². The molecule has 2 heterocycles. The fraction of sp³-hybridized carbons (Fsp3) is 0.318. The molecule has 2 aliphatic heterocycles. The minimum Gasteiger partial charge on any atom is -0.326 e. The van der Waals surface area contributed by atoms with Crippen molar-refractivity contribution >= 4 is 45.1 Å². The molecule has 0 unspecified atom stereocenters. The van der Waals surface area contributed by atoms with Gasteiger partial charge in [-0.1, -0.05) is 42.5 Å². The minimum atomic E-state index is -3.28. The smallest absolute Gasteiger partial charge is 0.325 e. The van der Waals surface area contributed by atoms with E-state index < -0.39 is 34.4 Å². The number of carbonyl (C=O) groups is 3. The second-order valence-corrected chi connectivity index (χ2v) is 11.1. The molecular weight excluding hydrogens is 450 g/mol. The lowest BCUT2D eigenvalue weighted by atomic mass is 10.1. The number of nitrogens with zero attached hydrogens (tertiary/aromatic N) is 2. The van der Waals surface area contributed by atoms with Gasteiger partial charge in [-0.25, -0.2) is 13.2 Å². The second kappa shape index (κ2) is 8.95. The van der Waals surface area contributed by atoms with Gasteiger partial charge >= 0.3 is 6.03 Å². The Bertz CT molecular complexity index is 1150. The van der Waals surface area contributed by atoms with Crippen LogP contribution in [0.25, 0.3) is 0 Å². The molecule has 0 aromatic heterocycles. The topological polar surface area (TPSA) is 104 Å². The molecule has 168 valence electrons. The first-order valence-corrected chi connectivity index (χ1v) is 13.2. The zero-order chi connectivity index (χ0) is 22.9. The molecule has 1 saturated heterocycles. The molecule has 0 spiro atoms. The molecule has 8 nitrogen and oxygen atoms in total. The Morgan fingerprint density at radius 1 is 1.09 bits per heavy atom. The van der Waals surface area contributed by atoms with Crippen LogP contribution in [-0.2, 0) is 19.4 Å². The van der Waals surface area contributed by atoms with E-state index >= 15 is 0 Å². The normalized spacial score (nSPS) is 20.8. The maximum atomic E-state index is 13.5. The standard InChI is InChI=1S/C22H23N3O5S2/c1-32(29,30)12-11-16-21(27)24(22(28)23-16)13-20(26)25-17-9-5-6-10-19(17)31-14-18(25)15-7-3-2-4-8-15/h2-10,16,18H,11-14H2,1H3,(H,23,28)/t16-,18+/m1/s1. The van der Waals surface area contributed by atoms with E-state index in [1.165, 1.54) is 0 Å². The van der Waals surface area contributed by atoms with Gasteiger partial charge in [-0.2, -0.15) is 0 Å². The third-order valence-corrected chi connectivity index (χ3v) is 7.58. The number of sulfone groups is 1. The van der Waals surface area contributed by atoms with Gasteiger partial charge in [-0.3, -0.25) is 14.5 Å². The quantitative estimate of drug-likeness (QED) is 0.646. The van der Waals surface area contributed by atoms with Gasteiger partial charge in [0.2, 0.25) is 5.91 Å². The number of imide groups is 1. The van der Waals surface area contributed by atoms with Crippen LogP contribution in [0, 0.1) is 0 Å². The Hall–Kier alpha value is -2.85. The van der Waals surface area contributed by atoms with E-state index in [0.29, 0.717) is 5.75 Å². The lowest BCUT2D eigenvalue weighted by Crippen LogP contribution is -2.46. The summed E-state index contributed by atoms with van der Waals surface area (Å²) in [5, 5.41) is 2.49. The first kappa shape index (κ1) is 22.3. The van der Waals surface area contributed by atoms with Crippen molar-refractivity contribution in [2.45, 2.75) is 23.4 Å². The van der Waals surface area contributed by atoms with Crippen LogP contribution in [-0.4, -0.2) is 61.5 Å². The Balaban J connectivity index is 1.57. The van der Waals surface area contributed by atoms with Crippen LogP contribution in [0.3, 0.4) is 0 Å². The number of amides is 4. The largest absolute Gasteiger partial charge is 0.326 e. The van der Waals surface area contributed by atoms with Crippen LogP contribution in [0.15, 0.2) is 59.5 Å². The molecule has 2 aliphatic rings. The molecule has 0 aliphatic carbocycles. The van der Waals surface area contributed by atoms with Gasteiger partial charge in [0.15, 0.2) is 0 Å². The summed E-state index contributed by atoms with van der Waals surface area (Å²) in [6.45, 7) is -0.414. The molecule has 2 aromatic carbocycles. The van der Waals surface area contributed by atoms with Crippen LogP contribution in [0.5, 0.6) is 0 Å². The molecule has 4 rings (SSSR count). The van der Waals surface area contributed by atoms with Gasteiger partial charge < -0.3 is 10.2 Å². The monoisotopic (exact) mass is 473 g/mol. The molecule has 10 heteroatoms. The Kier molecular flexibility index (Phi) is 6.25. The molecule has 0 saturated carbocycles. The average Bonchev–Trinajstić information content (AvgIpc) is 3.04. The number of benzene rings is 2. The van der Waals surface area contributed by atoms with Crippen molar-refractivity contribution in [1.29, 1.82) is 0 Å². The van der Waals surface area contributed by atoms with E-state index in [4.69, 9.17) is 0 Å². The van der Waals surface area contributed by atoms with E-state index in [9.17, 15) is 22.8 Å². The summed E-state index contributed by atoms with van der Waals surface area (Å²) in [7, 11) is -3.28. The lowest BCUT2D eigenvalue weighted by molar-refractivity contribution is -0.131. The zero-order valence-electron chi connectivity index (χ0n) is 17.4. The summed E-state index contributed by atoms with van der Waals surface area (Å²) in [6, 6.07) is 15.3. The number of anilines is 1. The molecule has 2 atom stereocenters. The number of para-hydroxylation sites is 1. The maximum Gasteiger partial charge on any atom is 0.325 e. The number of hydrogen-bond acceptors (Lipinski definition) is 6. The first-order valence-electron chi connectivity index (χ1n) is 10.1. The second-order valence-electron chi connectivity index (χ2n) is 7.81. The van der Waals surface area contributed by atoms with Gasteiger partial charge in [-0.15, -0.1) is 11.8 Å². The van der Waals surface area contributed by atoms with Crippen molar-refractivity contribution in [3.63, 3.8) is 0 Å². The van der Waals surface area contributed by atoms with Crippen molar-refractivity contribution in [3.8, 4) is 0 Å². The molecule has 4 amide bonds. The van der Waals surface area contributed by atoms with Gasteiger partial charge in [0, 0.05) is 16.9 Å². The predicted octanol–water partition coefficient (Wildman–Crippen LogP) is 2.22. The number of hydrogen-bond donors (Lipinski definition) is 1. The summed E-state index contributed by atoms with van der Waals surface area (Å²) in [6.07, 6.45) is 1.05. The van der Waals surface area contributed by atoms with Gasteiger partial charge in [-0.05, 0) is 24.1 Å². The van der Waals surface area contributed by atoms with Crippen LogP contribution in [0.4, 0.5) is 10.5 Å². The lowest BCUT2D eigenvalue weighted by Gasteiger charge is -2.37. The average molecular weight is 474 g/mol. The number of carbonyl (C=O) groups excluding carboxylic acids is 3. The van der Waals surface area contributed by atoms with Crippen molar-refractivity contribution in [2.24, 2.45) is 0 Å². The molecule has 0 radical (unpaired) electrons. The number of thioether (sulfide) groups is 1. The minimum absolute atomic E-state index is 0.0239. The fourth-order valence-corrected chi connectivity index (χ4v) is 5.72. The Morgan fingerprint density at radius 3 is 2.50 bits per heavy atom. The van der Waals surface area contributed by atoms with Gasteiger partial charge in [0.25, 0.3) is 5.91 Å². The molecule has 1 N–H and O–H groups in total. The Labute approximate surface area is 190 Å². The summed E-state index contributed by atoms with van der Waals surface area (Å²) in [5.74, 6) is -0.538. The molecule has 2 aromatic rings. The SMILES string of the molecule is CS(=O)(=O)CC[C@H]1NC(=O)N(CC(=O)N2c3ccccc3SC[C@H]2c2ccccc2)C1=O. The van der Waals surface area contributed by atoms with Crippen molar-refractivity contribution in [2.75, 3.05) is 29.2 Å². The summed E-state index contributed by atoms with van der Waals surface area (Å²) < 4.78 is 22.9. The summed E-state index contributed by atoms with van der Waals surface area (Å²) in [5.41, 5.74) is 1.70. The predicted molar refractivity (Wildman–Crippen MR) is 122 cm³/mol. The van der Waals surface area contributed by atoms with E-state index in [1.807, 2.05) is 54.6 Å². The highest BCUT2D eigenvalue weighted by Crippen LogP contribution is 2.43. The number of fused-ring (bicyclic) bond motifs is 1. The number of rotatable bonds is 6. The molecule has 1 fully saturated rings. The summed E-state index contributed by atoms with van der Waals surface area (Å²) in [4.78, 5) is 42.1. The van der Waals surface area contributed by atoms with Crippen LogP contribution in [0.1, 0.15) is 18.0 Å². The molecular formula is C22H23N3O5S2. The maximum absolute atomic E-state index is 13.5. The Morgan fingerprint density at radius 2 is 1.78 bits per heavy atom.